The maximum absolute atomic E-state index is 13.6. The van der Waals surface area contributed by atoms with Gasteiger partial charge in [-0.05, 0) is 67.3 Å². The van der Waals surface area contributed by atoms with Gasteiger partial charge in [-0.15, -0.1) is 0 Å². The minimum Gasteiger partial charge on any atom is -0.383 e. The van der Waals surface area contributed by atoms with Crippen LogP contribution in [0.3, 0.4) is 0 Å². The summed E-state index contributed by atoms with van der Waals surface area (Å²) >= 11 is 0. The van der Waals surface area contributed by atoms with Crippen LogP contribution in [0.15, 0.2) is 60.8 Å². The summed E-state index contributed by atoms with van der Waals surface area (Å²) in [6, 6.07) is 15.9. The number of aromatic nitrogens is 1. The van der Waals surface area contributed by atoms with E-state index in [1.54, 1.807) is 30.5 Å². The van der Waals surface area contributed by atoms with Crippen molar-refractivity contribution in [1.82, 2.24) is 4.98 Å². The number of anilines is 2. The fourth-order valence-corrected chi connectivity index (χ4v) is 2.69. The first-order chi connectivity index (χ1) is 13.0. The number of aryl methyl sites for hydroxylation is 2. The van der Waals surface area contributed by atoms with Gasteiger partial charge in [0.05, 0.1) is 11.9 Å². The van der Waals surface area contributed by atoms with E-state index in [2.05, 4.69) is 15.6 Å². The van der Waals surface area contributed by atoms with E-state index < -0.39 is 0 Å². The van der Waals surface area contributed by atoms with Gasteiger partial charge in [-0.3, -0.25) is 4.79 Å². The Kier molecular flexibility index (Phi) is 5.81. The third-order valence-electron chi connectivity index (χ3n) is 4.46. The van der Waals surface area contributed by atoms with Crippen LogP contribution in [0.1, 0.15) is 27.0 Å². The molecular formula is C22H22FN3O. The van der Waals surface area contributed by atoms with Gasteiger partial charge in [0.2, 0.25) is 0 Å². The predicted octanol–water partition coefficient (Wildman–Crippen LogP) is 4.74. The highest BCUT2D eigenvalue weighted by Gasteiger charge is 2.08. The van der Waals surface area contributed by atoms with Crippen molar-refractivity contribution in [2.24, 2.45) is 0 Å². The second kappa shape index (κ2) is 8.45. The van der Waals surface area contributed by atoms with Crippen LogP contribution in [-0.4, -0.2) is 17.4 Å². The molecule has 0 unspecified atom stereocenters. The third-order valence-corrected chi connectivity index (χ3v) is 4.46. The summed E-state index contributed by atoms with van der Waals surface area (Å²) in [4.78, 5) is 16.6. The second-order valence-corrected chi connectivity index (χ2v) is 6.45. The van der Waals surface area contributed by atoms with E-state index >= 15 is 0 Å². The number of carbonyl (C=O) groups is 1. The molecule has 1 aromatic heterocycles. The van der Waals surface area contributed by atoms with Crippen molar-refractivity contribution in [2.75, 3.05) is 17.2 Å². The molecule has 0 aliphatic rings. The fourth-order valence-electron chi connectivity index (χ4n) is 2.69. The van der Waals surface area contributed by atoms with Crippen LogP contribution in [0.25, 0.3) is 0 Å². The minimum atomic E-state index is -0.193. The van der Waals surface area contributed by atoms with Gasteiger partial charge in [0.1, 0.15) is 11.6 Å². The van der Waals surface area contributed by atoms with Crippen molar-refractivity contribution in [3.63, 3.8) is 0 Å². The fraction of sp³-hybridized carbons (Fsp3) is 0.182. The molecule has 2 aromatic carbocycles. The summed E-state index contributed by atoms with van der Waals surface area (Å²) in [5.74, 6) is 0.102. The molecule has 1 amide bonds. The number of nitrogens with one attached hydrogen (secondary N) is 2. The van der Waals surface area contributed by atoms with Crippen LogP contribution in [-0.2, 0) is 6.42 Å². The minimum absolute atomic E-state index is 0.189. The van der Waals surface area contributed by atoms with Crippen LogP contribution < -0.4 is 10.6 Å². The number of halogens is 1. The first-order valence-electron chi connectivity index (χ1n) is 8.85. The molecule has 3 aromatic rings. The molecule has 5 heteroatoms. The number of hydrogen-bond acceptors (Lipinski definition) is 3. The van der Waals surface area contributed by atoms with Crippen LogP contribution in [0, 0.1) is 19.7 Å². The van der Waals surface area contributed by atoms with E-state index in [0.29, 0.717) is 29.9 Å². The van der Waals surface area contributed by atoms with Crippen molar-refractivity contribution >= 4 is 17.4 Å². The number of carbonyl (C=O) groups excluding carboxylic acids is 1. The van der Waals surface area contributed by atoms with Gasteiger partial charge < -0.3 is 10.6 Å². The van der Waals surface area contributed by atoms with Crippen molar-refractivity contribution in [1.29, 1.82) is 0 Å². The smallest absolute Gasteiger partial charge is 0.256 e. The number of pyridine rings is 1. The Bertz CT molecular complexity index is 939. The molecule has 138 valence electrons. The average Bonchev–Trinajstić information content (AvgIpc) is 2.67. The Labute approximate surface area is 158 Å². The van der Waals surface area contributed by atoms with Gasteiger partial charge in [0.25, 0.3) is 5.91 Å². The number of hydrogen-bond donors (Lipinski definition) is 2. The standard InChI is InChI=1S/C22H22FN3O/c1-15-7-8-18(13-16(15)2)22(27)26-21-10-9-19(14-25-21)24-12-11-17-5-3-4-6-20(17)23/h3-10,13-14,24H,11-12H2,1-2H3,(H,25,26,27). The van der Waals surface area contributed by atoms with E-state index in [1.165, 1.54) is 6.07 Å². The molecule has 0 aliphatic carbocycles. The van der Waals surface area contributed by atoms with Crippen molar-refractivity contribution in [3.8, 4) is 0 Å². The van der Waals surface area contributed by atoms with Gasteiger partial charge in [0, 0.05) is 12.1 Å². The SMILES string of the molecule is Cc1ccc(C(=O)Nc2ccc(NCCc3ccccc3F)cn2)cc1C. The molecule has 0 fully saturated rings. The third kappa shape index (κ3) is 4.91. The highest BCUT2D eigenvalue weighted by Crippen LogP contribution is 2.14. The highest BCUT2D eigenvalue weighted by molar-refractivity contribution is 6.03. The Balaban J connectivity index is 1.54. The molecule has 27 heavy (non-hydrogen) atoms. The molecule has 1 heterocycles. The van der Waals surface area contributed by atoms with Gasteiger partial charge in [-0.2, -0.15) is 0 Å². The lowest BCUT2D eigenvalue weighted by Crippen LogP contribution is -2.13. The largest absolute Gasteiger partial charge is 0.383 e. The number of rotatable bonds is 6. The van der Waals surface area contributed by atoms with Crippen LogP contribution in [0.5, 0.6) is 0 Å². The molecule has 4 nitrogen and oxygen atoms in total. The first-order valence-corrected chi connectivity index (χ1v) is 8.85. The summed E-state index contributed by atoms with van der Waals surface area (Å²) in [5.41, 5.74) is 4.32. The summed E-state index contributed by atoms with van der Waals surface area (Å²) in [7, 11) is 0. The molecular weight excluding hydrogens is 341 g/mol. The van der Waals surface area contributed by atoms with Crippen LogP contribution >= 0.6 is 0 Å². The van der Waals surface area contributed by atoms with Crippen molar-refractivity contribution in [3.05, 3.63) is 88.9 Å². The van der Waals surface area contributed by atoms with Crippen molar-refractivity contribution in [2.45, 2.75) is 20.3 Å². The number of amides is 1. The molecule has 3 rings (SSSR count). The molecule has 0 saturated carbocycles. The zero-order valence-corrected chi connectivity index (χ0v) is 15.4. The second-order valence-electron chi connectivity index (χ2n) is 6.45. The topological polar surface area (TPSA) is 54.0 Å². The van der Waals surface area contributed by atoms with E-state index in [-0.39, 0.29) is 11.7 Å². The average molecular weight is 363 g/mol. The molecule has 0 spiro atoms. The van der Waals surface area contributed by atoms with Gasteiger partial charge in [-0.25, -0.2) is 9.37 Å². The van der Waals surface area contributed by atoms with Crippen molar-refractivity contribution < 1.29 is 9.18 Å². The van der Waals surface area contributed by atoms with Gasteiger partial charge in [-0.1, -0.05) is 24.3 Å². The Hall–Kier alpha value is -3.21. The van der Waals surface area contributed by atoms with E-state index in [4.69, 9.17) is 0 Å². The quantitative estimate of drug-likeness (QED) is 0.665. The van der Waals surface area contributed by atoms with E-state index in [1.807, 2.05) is 38.1 Å². The first kappa shape index (κ1) is 18.6. The van der Waals surface area contributed by atoms with E-state index in [0.717, 1.165) is 16.8 Å². The Morgan fingerprint density at radius 3 is 2.56 bits per heavy atom. The predicted molar refractivity (Wildman–Crippen MR) is 107 cm³/mol. The molecule has 0 bridgehead atoms. The molecule has 2 N–H and O–H groups in total. The lowest BCUT2D eigenvalue weighted by Gasteiger charge is -2.09. The van der Waals surface area contributed by atoms with Gasteiger partial charge in [0.15, 0.2) is 0 Å². The lowest BCUT2D eigenvalue weighted by molar-refractivity contribution is 0.102. The molecule has 0 atom stereocenters. The zero-order chi connectivity index (χ0) is 19.2. The maximum atomic E-state index is 13.6. The van der Waals surface area contributed by atoms with E-state index in [9.17, 15) is 9.18 Å². The van der Waals surface area contributed by atoms with Crippen LogP contribution in [0.4, 0.5) is 15.9 Å². The Morgan fingerprint density at radius 2 is 1.85 bits per heavy atom. The number of nitrogens with zero attached hydrogens (tertiary/aromatic N) is 1. The maximum Gasteiger partial charge on any atom is 0.256 e. The molecule has 0 radical (unpaired) electrons. The van der Waals surface area contributed by atoms with Crippen LogP contribution in [0.2, 0.25) is 0 Å². The molecule has 0 saturated heterocycles. The highest BCUT2D eigenvalue weighted by atomic mass is 19.1. The lowest BCUT2D eigenvalue weighted by atomic mass is 10.1. The number of benzene rings is 2. The summed E-state index contributed by atoms with van der Waals surface area (Å²) in [6.45, 7) is 4.58. The zero-order valence-electron chi connectivity index (χ0n) is 15.4. The molecule has 0 aliphatic heterocycles. The Morgan fingerprint density at radius 1 is 1.04 bits per heavy atom. The van der Waals surface area contributed by atoms with Gasteiger partial charge >= 0.3 is 0 Å². The summed E-state index contributed by atoms with van der Waals surface area (Å²) in [6.07, 6.45) is 2.23. The normalized spacial score (nSPS) is 10.5. The summed E-state index contributed by atoms with van der Waals surface area (Å²) in [5, 5.41) is 6.00. The monoisotopic (exact) mass is 363 g/mol. The summed E-state index contributed by atoms with van der Waals surface area (Å²) < 4.78 is 13.6.